The van der Waals surface area contributed by atoms with Crippen LogP contribution in [0.5, 0.6) is 5.75 Å². The number of hydrogen-bond acceptors (Lipinski definition) is 5. The van der Waals surface area contributed by atoms with Gasteiger partial charge in [-0.05, 0) is 56.2 Å². The summed E-state index contributed by atoms with van der Waals surface area (Å²) in [6.07, 6.45) is 5.36. The molecule has 1 amide bonds. The summed E-state index contributed by atoms with van der Waals surface area (Å²) in [5.74, 6) is 1.16. The Bertz CT molecular complexity index is 1040. The van der Waals surface area contributed by atoms with E-state index in [-0.39, 0.29) is 17.6 Å². The summed E-state index contributed by atoms with van der Waals surface area (Å²) < 4.78 is 8.54. The summed E-state index contributed by atoms with van der Waals surface area (Å²) in [7, 11) is 0. The first-order valence-corrected chi connectivity index (χ1v) is 9.78. The largest absolute Gasteiger partial charge is 0.494 e. The van der Waals surface area contributed by atoms with Crippen molar-refractivity contribution in [1.82, 2.24) is 24.6 Å². The Morgan fingerprint density at radius 3 is 2.69 bits per heavy atom. The molecule has 2 heterocycles. The number of benzene rings is 1. The van der Waals surface area contributed by atoms with Crippen LogP contribution >= 0.6 is 0 Å². The summed E-state index contributed by atoms with van der Waals surface area (Å²) in [6.45, 7) is 3.09. The molecule has 1 aromatic carbocycles. The van der Waals surface area contributed by atoms with Crippen LogP contribution in [0.4, 0.5) is 0 Å². The van der Waals surface area contributed by atoms with Gasteiger partial charge >= 0.3 is 5.69 Å². The van der Waals surface area contributed by atoms with Crippen LogP contribution in [0.15, 0.2) is 53.6 Å². The summed E-state index contributed by atoms with van der Waals surface area (Å²) >= 11 is 0. The molecule has 1 aliphatic carbocycles. The maximum absolute atomic E-state index is 12.8. The monoisotopic (exact) mass is 393 g/mol. The SMILES string of the molecule is CCOc1ccc(C(=O)NCCn2nc(-c3cccnc3)n(C3CC3)c2=O)cc1. The van der Waals surface area contributed by atoms with Gasteiger partial charge in [-0.15, -0.1) is 5.10 Å². The molecule has 2 aromatic heterocycles. The lowest BCUT2D eigenvalue weighted by Crippen LogP contribution is -2.32. The fraction of sp³-hybridized carbons (Fsp3) is 0.333. The van der Waals surface area contributed by atoms with Crippen LogP contribution in [0.3, 0.4) is 0 Å². The molecule has 1 saturated carbocycles. The Labute approximate surface area is 168 Å². The van der Waals surface area contributed by atoms with E-state index in [9.17, 15) is 9.59 Å². The third kappa shape index (κ3) is 4.21. The summed E-state index contributed by atoms with van der Waals surface area (Å²) in [5, 5.41) is 7.34. The average molecular weight is 393 g/mol. The molecule has 29 heavy (non-hydrogen) atoms. The molecular formula is C21H23N5O3. The summed E-state index contributed by atoms with van der Waals surface area (Å²) in [5.41, 5.74) is 1.20. The minimum atomic E-state index is -0.199. The van der Waals surface area contributed by atoms with Crippen LogP contribution in [0.2, 0.25) is 0 Å². The third-order valence-electron chi connectivity index (χ3n) is 4.74. The van der Waals surface area contributed by atoms with E-state index in [1.165, 1.54) is 4.68 Å². The van der Waals surface area contributed by atoms with Crippen molar-refractivity contribution in [2.24, 2.45) is 0 Å². The first kappa shape index (κ1) is 18.9. The zero-order chi connectivity index (χ0) is 20.2. The maximum atomic E-state index is 12.8. The standard InChI is InChI=1S/C21H23N5O3/c1-2-29-18-9-5-15(6-10-18)20(27)23-12-13-25-21(28)26(17-7-8-17)19(24-25)16-4-3-11-22-14-16/h3-6,9-11,14,17H,2,7-8,12-13H2,1H3,(H,23,27). The highest BCUT2D eigenvalue weighted by atomic mass is 16.5. The van der Waals surface area contributed by atoms with Crippen molar-refractivity contribution in [2.45, 2.75) is 32.4 Å². The van der Waals surface area contributed by atoms with E-state index in [4.69, 9.17) is 4.74 Å². The second-order valence-corrected chi connectivity index (χ2v) is 6.89. The van der Waals surface area contributed by atoms with E-state index in [2.05, 4.69) is 15.4 Å². The fourth-order valence-electron chi connectivity index (χ4n) is 3.17. The van der Waals surface area contributed by atoms with Crippen LogP contribution in [-0.2, 0) is 6.54 Å². The third-order valence-corrected chi connectivity index (χ3v) is 4.74. The molecule has 1 aliphatic rings. The predicted molar refractivity (Wildman–Crippen MR) is 108 cm³/mol. The fourth-order valence-corrected chi connectivity index (χ4v) is 3.17. The van der Waals surface area contributed by atoms with Crippen LogP contribution in [0, 0.1) is 0 Å². The molecule has 0 radical (unpaired) electrons. The maximum Gasteiger partial charge on any atom is 0.346 e. The number of hydrogen-bond donors (Lipinski definition) is 1. The van der Waals surface area contributed by atoms with Gasteiger partial charge in [0.25, 0.3) is 5.91 Å². The lowest BCUT2D eigenvalue weighted by molar-refractivity contribution is 0.0951. The molecule has 8 heteroatoms. The van der Waals surface area contributed by atoms with Crippen molar-refractivity contribution in [3.63, 3.8) is 0 Å². The first-order chi connectivity index (χ1) is 14.2. The Kier molecular flexibility index (Phi) is 5.41. The molecule has 0 bridgehead atoms. The molecule has 4 rings (SSSR count). The Balaban J connectivity index is 1.43. The molecule has 0 unspecified atom stereocenters. The van der Waals surface area contributed by atoms with E-state index in [1.807, 2.05) is 19.1 Å². The van der Waals surface area contributed by atoms with Crippen LogP contribution in [0.25, 0.3) is 11.4 Å². The first-order valence-electron chi connectivity index (χ1n) is 9.78. The smallest absolute Gasteiger partial charge is 0.346 e. The molecule has 0 aliphatic heterocycles. The van der Waals surface area contributed by atoms with Gasteiger partial charge in [-0.25, -0.2) is 9.48 Å². The number of pyridine rings is 1. The highest BCUT2D eigenvalue weighted by molar-refractivity contribution is 5.94. The molecule has 150 valence electrons. The van der Waals surface area contributed by atoms with E-state index in [0.29, 0.717) is 31.1 Å². The lowest BCUT2D eigenvalue weighted by Gasteiger charge is -2.06. The second-order valence-electron chi connectivity index (χ2n) is 6.89. The number of nitrogens with zero attached hydrogens (tertiary/aromatic N) is 4. The molecule has 0 saturated heterocycles. The quantitative estimate of drug-likeness (QED) is 0.634. The zero-order valence-electron chi connectivity index (χ0n) is 16.2. The molecule has 8 nitrogen and oxygen atoms in total. The topological polar surface area (TPSA) is 91.0 Å². The van der Waals surface area contributed by atoms with E-state index < -0.39 is 0 Å². The molecule has 3 aromatic rings. The van der Waals surface area contributed by atoms with Gasteiger partial charge in [-0.2, -0.15) is 0 Å². The van der Waals surface area contributed by atoms with E-state index >= 15 is 0 Å². The molecule has 0 atom stereocenters. The average Bonchev–Trinajstić information content (AvgIpc) is 3.53. The Morgan fingerprint density at radius 2 is 2.03 bits per heavy atom. The van der Waals surface area contributed by atoms with Crippen molar-refractivity contribution >= 4 is 5.91 Å². The second kappa shape index (κ2) is 8.30. The van der Waals surface area contributed by atoms with Crippen LogP contribution in [-0.4, -0.2) is 38.4 Å². The van der Waals surface area contributed by atoms with Gasteiger partial charge in [-0.3, -0.25) is 14.3 Å². The van der Waals surface area contributed by atoms with Crippen molar-refractivity contribution in [3.05, 3.63) is 64.8 Å². The van der Waals surface area contributed by atoms with E-state index in [0.717, 1.165) is 24.2 Å². The number of rotatable bonds is 8. The minimum Gasteiger partial charge on any atom is -0.494 e. The normalized spacial score (nSPS) is 13.3. The number of carbonyl (C=O) groups is 1. The van der Waals surface area contributed by atoms with Gasteiger partial charge in [0.15, 0.2) is 5.82 Å². The zero-order valence-corrected chi connectivity index (χ0v) is 16.2. The Hall–Kier alpha value is -3.42. The molecule has 0 spiro atoms. The van der Waals surface area contributed by atoms with Crippen molar-refractivity contribution < 1.29 is 9.53 Å². The lowest BCUT2D eigenvalue weighted by atomic mass is 10.2. The van der Waals surface area contributed by atoms with Crippen molar-refractivity contribution in [3.8, 4) is 17.1 Å². The number of aromatic nitrogens is 4. The van der Waals surface area contributed by atoms with E-state index in [1.54, 1.807) is 41.2 Å². The number of carbonyl (C=O) groups excluding carboxylic acids is 1. The number of nitrogens with one attached hydrogen (secondary N) is 1. The van der Waals surface area contributed by atoms with Gasteiger partial charge in [-0.1, -0.05) is 0 Å². The molecule has 1 fully saturated rings. The predicted octanol–water partition coefficient (Wildman–Crippen LogP) is 2.27. The molecular weight excluding hydrogens is 370 g/mol. The van der Waals surface area contributed by atoms with Gasteiger partial charge in [0.1, 0.15) is 5.75 Å². The van der Waals surface area contributed by atoms with Crippen LogP contribution in [0.1, 0.15) is 36.2 Å². The van der Waals surface area contributed by atoms with Gasteiger partial charge in [0.2, 0.25) is 0 Å². The van der Waals surface area contributed by atoms with Crippen LogP contribution < -0.4 is 15.7 Å². The highest BCUT2D eigenvalue weighted by Gasteiger charge is 2.30. The summed E-state index contributed by atoms with van der Waals surface area (Å²) in [6, 6.07) is 10.9. The van der Waals surface area contributed by atoms with Crippen molar-refractivity contribution in [2.75, 3.05) is 13.2 Å². The number of amides is 1. The van der Waals surface area contributed by atoms with Gasteiger partial charge < -0.3 is 10.1 Å². The minimum absolute atomic E-state index is 0.151. The number of ether oxygens (including phenoxy) is 1. The van der Waals surface area contributed by atoms with Gasteiger partial charge in [0, 0.05) is 36.1 Å². The summed E-state index contributed by atoms with van der Waals surface area (Å²) in [4.78, 5) is 29.3. The highest BCUT2D eigenvalue weighted by Crippen LogP contribution is 2.36. The van der Waals surface area contributed by atoms with Gasteiger partial charge in [0.05, 0.1) is 13.2 Å². The Morgan fingerprint density at radius 1 is 1.24 bits per heavy atom. The van der Waals surface area contributed by atoms with Crippen molar-refractivity contribution in [1.29, 1.82) is 0 Å². The molecule has 1 N–H and O–H groups in total.